The first kappa shape index (κ1) is 19.1. The van der Waals surface area contributed by atoms with E-state index >= 15 is 0 Å². The second-order valence-corrected chi connectivity index (χ2v) is 9.51. The topological polar surface area (TPSA) is 89.5 Å². The molecular formula is C22H32N4O3. The molecule has 4 fully saturated rings. The van der Waals surface area contributed by atoms with Gasteiger partial charge in [-0.15, -0.1) is 0 Å². The molecule has 0 spiro atoms. The standard InChI is InChI=1S/C22H32N4O3/c27-13-19-16-9-15(18-7-4-8-20(28)26(18)19)11-25(12-16)22(29)17-10-23-24-21(17)14-5-2-1-3-6-14/h10,14-16,18-19,27H,1-9,11-13H2,(H,23,24)/t15-,16+,18+,19+/m1/s1. The van der Waals surface area contributed by atoms with Crippen LogP contribution in [0.15, 0.2) is 6.20 Å². The fourth-order valence-corrected chi connectivity index (χ4v) is 6.51. The first-order valence-corrected chi connectivity index (χ1v) is 11.4. The minimum atomic E-state index is -0.151. The third kappa shape index (κ3) is 3.27. The lowest BCUT2D eigenvalue weighted by atomic mass is 9.72. The minimum absolute atomic E-state index is 0.0132. The highest BCUT2D eigenvalue weighted by atomic mass is 16.3. The van der Waals surface area contributed by atoms with E-state index in [2.05, 4.69) is 10.2 Å². The molecule has 3 aliphatic heterocycles. The lowest BCUT2D eigenvalue weighted by Gasteiger charge is -2.56. The molecule has 0 radical (unpaired) electrons. The highest BCUT2D eigenvalue weighted by molar-refractivity contribution is 5.95. The van der Waals surface area contributed by atoms with Gasteiger partial charge >= 0.3 is 0 Å². The van der Waals surface area contributed by atoms with E-state index in [1.54, 1.807) is 6.20 Å². The van der Waals surface area contributed by atoms with Gasteiger partial charge in [-0.2, -0.15) is 5.10 Å². The van der Waals surface area contributed by atoms with Crippen LogP contribution in [0.3, 0.4) is 0 Å². The number of aliphatic hydroxyl groups excluding tert-OH is 1. The molecule has 0 aromatic carbocycles. The van der Waals surface area contributed by atoms with Crippen molar-refractivity contribution in [3.8, 4) is 0 Å². The van der Waals surface area contributed by atoms with E-state index in [4.69, 9.17) is 0 Å². The van der Waals surface area contributed by atoms with Crippen molar-refractivity contribution in [1.82, 2.24) is 20.0 Å². The molecule has 2 amide bonds. The second kappa shape index (κ2) is 7.74. The number of carbonyl (C=O) groups is 2. The first-order valence-electron chi connectivity index (χ1n) is 11.4. The Morgan fingerprint density at radius 3 is 2.72 bits per heavy atom. The van der Waals surface area contributed by atoms with Crippen molar-refractivity contribution in [3.05, 3.63) is 17.5 Å². The maximum absolute atomic E-state index is 13.5. The molecule has 29 heavy (non-hydrogen) atoms. The third-order valence-electron chi connectivity index (χ3n) is 7.88. The number of likely N-dealkylation sites (tertiary alicyclic amines) is 1. The predicted octanol–water partition coefficient (Wildman–Crippen LogP) is 2.29. The number of aliphatic hydroxyl groups is 1. The zero-order valence-corrected chi connectivity index (χ0v) is 17.1. The van der Waals surface area contributed by atoms with Crippen molar-refractivity contribution in [1.29, 1.82) is 0 Å². The predicted molar refractivity (Wildman–Crippen MR) is 107 cm³/mol. The van der Waals surface area contributed by atoms with Crippen LogP contribution in [0.4, 0.5) is 0 Å². The van der Waals surface area contributed by atoms with Crippen LogP contribution in [0.25, 0.3) is 0 Å². The molecule has 2 bridgehead atoms. The quantitative estimate of drug-likeness (QED) is 0.815. The minimum Gasteiger partial charge on any atom is -0.394 e. The molecule has 2 N–H and O–H groups in total. The summed E-state index contributed by atoms with van der Waals surface area (Å²) in [5.41, 5.74) is 1.74. The number of fused-ring (bicyclic) bond motifs is 4. The number of nitrogens with zero attached hydrogens (tertiary/aromatic N) is 3. The van der Waals surface area contributed by atoms with Gasteiger partial charge in [0, 0.05) is 31.5 Å². The van der Waals surface area contributed by atoms with Gasteiger partial charge in [-0.3, -0.25) is 14.7 Å². The molecular weight excluding hydrogens is 368 g/mol. The van der Waals surface area contributed by atoms with E-state index in [9.17, 15) is 14.7 Å². The first-order chi connectivity index (χ1) is 14.2. The number of H-pyrrole nitrogens is 1. The summed E-state index contributed by atoms with van der Waals surface area (Å²) in [4.78, 5) is 30.0. The smallest absolute Gasteiger partial charge is 0.257 e. The molecule has 4 heterocycles. The van der Waals surface area contributed by atoms with Crippen LogP contribution < -0.4 is 0 Å². The van der Waals surface area contributed by atoms with Gasteiger partial charge in [0.05, 0.1) is 30.1 Å². The van der Waals surface area contributed by atoms with Gasteiger partial charge in [-0.25, -0.2) is 0 Å². The molecule has 5 rings (SSSR count). The van der Waals surface area contributed by atoms with Crippen molar-refractivity contribution in [3.63, 3.8) is 0 Å². The summed E-state index contributed by atoms with van der Waals surface area (Å²) in [6, 6.07) is 0.0178. The molecule has 4 atom stereocenters. The number of aromatic nitrogens is 2. The van der Waals surface area contributed by atoms with Crippen molar-refractivity contribution in [2.75, 3.05) is 19.7 Å². The van der Waals surface area contributed by atoms with Crippen LogP contribution in [0, 0.1) is 11.8 Å². The van der Waals surface area contributed by atoms with E-state index in [-0.39, 0.29) is 36.4 Å². The van der Waals surface area contributed by atoms with E-state index in [1.807, 2.05) is 9.80 Å². The summed E-state index contributed by atoms with van der Waals surface area (Å²) in [5.74, 6) is 1.14. The van der Waals surface area contributed by atoms with E-state index in [0.717, 1.165) is 43.4 Å². The fourth-order valence-electron chi connectivity index (χ4n) is 6.51. The van der Waals surface area contributed by atoms with Crippen molar-refractivity contribution in [2.24, 2.45) is 11.8 Å². The third-order valence-corrected chi connectivity index (χ3v) is 7.88. The maximum atomic E-state index is 13.5. The summed E-state index contributed by atoms with van der Waals surface area (Å²) in [6.07, 6.45) is 11.2. The van der Waals surface area contributed by atoms with Crippen LogP contribution in [-0.2, 0) is 4.79 Å². The fraction of sp³-hybridized carbons (Fsp3) is 0.773. The number of hydrogen-bond donors (Lipinski definition) is 2. The highest BCUT2D eigenvalue weighted by Crippen LogP contribution is 2.42. The van der Waals surface area contributed by atoms with Crippen LogP contribution in [-0.4, -0.2) is 68.7 Å². The molecule has 3 saturated heterocycles. The number of nitrogens with one attached hydrogen (secondary N) is 1. The Kier molecular flexibility index (Phi) is 5.10. The Hall–Kier alpha value is -1.89. The van der Waals surface area contributed by atoms with E-state index in [1.165, 1.54) is 19.3 Å². The number of carbonyl (C=O) groups excluding carboxylic acids is 2. The van der Waals surface area contributed by atoms with Gasteiger partial charge in [-0.1, -0.05) is 19.3 Å². The number of hydrogen-bond acceptors (Lipinski definition) is 4. The van der Waals surface area contributed by atoms with Crippen LogP contribution in [0.1, 0.15) is 79.8 Å². The summed E-state index contributed by atoms with van der Waals surface area (Å²) in [6.45, 7) is 1.31. The van der Waals surface area contributed by atoms with Crippen molar-refractivity contribution >= 4 is 11.8 Å². The van der Waals surface area contributed by atoms with Gasteiger partial charge in [0.25, 0.3) is 5.91 Å². The number of rotatable bonds is 3. The van der Waals surface area contributed by atoms with E-state index in [0.29, 0.717) is 31.3 Å². The highest BCUT2D eigenvalue weighted by Gasteiger charge is 2.50. The Bertz CT molecular complexity index is 758. The van der Waals surface area contributed by atoms with Crippen LogP contribution in [0.5, 0.6) is 0 Å². The Morgan fingerprint density at radius 1 is 1.14 bits per heavy atom. The average molecular weight is 401 g/mol. The van der Waals surface area contributed by atoms with Crippen LogP contribution >= 0.6 is 0 Å². The molecule has 1 aromatic rings. The molecule has 7 nitrogen and oxygen atoms in total. The summed E-state index contributed by atoms with van der Waals surface area (Å²) < 4.78 is 0. The molecule has 7 heteroatoms. The maximum Gasteiger partial charge on any atom is 0.257 e. The largest absolute Gasteiger partial charge is 0.394 e. The van der Waals surface area contributed by atoms with Gasteiger partial charge in [0.2, 0.25) is 5.91 Å². The van der Waals surface area contributed by atoms with Gasteiger partial charge < -0.3 is 14.9 Å². The van der Waals surface area contributed by atoms with E-state index < -0.39 is 0 Å². The Morgan fingerprint density at radius 2 is 1.93 bits per heavy atom. The molecule has 1 aliphatic carbocycles. The molecule has 4 aliphatic rings. The Balaban J connectivity index is 1.38. The number of aromatic amines is 1. The summed E-state index contributed by atoms with van der Waals surface area (Å²) in [7, 11) is 0. The van der Waals surface area contributed by atoms with Gasteiger partial charge in [0.15, 0.2) is 0 Å². The monoisotopic (exact) mass is 400 g/mol. The average Bonchev–Trinajstić information content (AvgIpc) is 3.24. The van der Waals surface area contributed by atoms with Gasteiger partial charge in [-0.05, 0) is 43.9 Å². The molecule has 1 saturated carbocycles. The zero-order valence-electron chi connectivity index (χ0n) is 17.1. The normalized spacial score (nSPS) is 32.9. The lowest BCUT2D eigenvalue weighted by Crippen LogP contribution is -2.66. The lowest BCUT2D eigenvalue weighted by molar-refractivity contribution is -0.154. The molecule has 0 unspecified atom stereocenters. The summed E-state index contributed by atoms with van der Waals surface area (Å²) >= 11 is 0. The molecule has 1 aromatic heterocycles. The second-order valence-electron chi connectivity index (χ2n) is 9.51. The Labute approximate surface area is 171 Å². The summed E-state index contributed by atoms with van der Waals surface area (Å²) in [5, 5.41) is 17.4. The SMILES string of the molecule is O=C(c1cn[nH]c1C1CCCCC1)N1C[C@H]2C[C@@H](C1)[C@H](CO)N1C(=O)CCC[C@@H]21. The number of piperidine rings is 3. The number of amides is 2. The zero-order chi connectivity index (χ0) is 20.0. The molecule has 158 valence electrons. The van der Waals surface area contributed by atoms with Crippen molar-refractivity contribution < 1.29 is 14.7 Å². The van der Waals surface area contributed by atoms with Crippen molar-refractivity contribution in [2.45, 2.75) is 75.8 Å². The van der Waals surface area contributed by atoms with Crippen LogP contribution in [0.2, 0.25) is 0 Å². The van der Waals surface area contributed by atoms with Gasteiger partial charge in [0.1, 0.15) is 0 Å².